The summed E-state index contributed by atoms with van der Waals surface area (Å²) < 4.78 is 1.48. The second-order valence-electron chi connectivity index (χ2n) is 4.35. The standard InChI is InChI=1S/C14H11N3O2/c1-9-2-4-10(5-3-9)11-7-15-13-6-12(14(18)19)16-17(13)8-11/h2-8H,1H3,(H,18,19). The smallest absolute Gasteiger partial charge is 0.356 e. The second kappa shape index (κ2) is 4.20. The van der Waals surface area contributed by atoms with Crippen LogP contribution in [-0.2, 0) is 0 Å². The first-order chi connectivity index (χ1) is 9.13. The Morgan fingerprint density at radius 2 is 1.95 bits per heavy atom. The number of carbonyl (C=O) groups is 1. The third-order valence-electron chi connectivity index (χ3n) is 2.92. The van der Waals surface area contributed by atoms with Gasteiger partial charge in [-0.3, -0.25) is 0 Å². The quantitative estimate of drug-likeness (QED) is 0.761. The van der Waals surface area contributed by atoms with E-state index in [0.717, 1.165) is 11.1 Å². The van der Waals surface area contributed by atoms with Gasteiger partial charge in [-0.1, -0.05) is 29.8 Å². The minimum atomic E-state index is -1.05. The van der Waals surface area contributed by atoms with E-state index in [1.165, 1.54) is 16.1 Å². The minimum absolute atomic E-state index is 0.00597. The predicted molar refractivity (Wildman–Crippen MR) is 70.1 cm³/mol. The zero-order valence-electron chi connectivity index (χ0n) is 10.2. The molecule has 1 aromatic carbocycles. The molecule has 0 radical (unpaired) electrons. The van der Waals surface area contributed by atoms with Gasteiger partial charge in [0.15, 0.2) is 11.3 Å². The lowest BCUT2D eigenvalue weighted by molar-refractivity contribution is 0.0690. The summed E-state index contributed by atoms with van der Waals surface area (Å²) in [5.74, 6) is -1.05. The number of rotatable bonds is 2. The number of aromatic nitrogens is 3. The maximum atomic E-state index is 10.9. The van der Waals surface area contributed by atoms with E-state index in [4.69, 9.17) is 5.11 Å². The fraction of sp³-hybridized carbons (Fsp3) is 0.0714. The molecule has 0 aliphatic rings. The molecule has 0 aliphatic carbocycles. The van der Waals surface area contributed by atoms with Crippen LogP contribution in [-0.4, -0.2) is 25.7 Å². The summed E-state index contributed by atoms with van der Waals surface area (Å²) in [6.45, 7) is 2.03. The predicted octanol–water partition coefficient (Wildman–Crippen LogP) is 2.40. The molecule has 0 fully saturated rings. The van der Waals surface area contributed by atoms with Crippen molar-refractivity contribution in [3.05, 3.63) is 54.0 Å². The molecule has 0 aliphatic heterocycles. The van der Waals surface area contributed by atoms with E-state index in [1.54, 1.807) is 12.4 Å². The maximum absolute atomic E-state index is 10.9. The number of aryl methyl sites for hydroxylation is 1. The molecule has 1 N–H and O–H groups in total. The van der Waals surface area contributed by atoms with E-state index < -0.39 is 5.97 Å². The molecule has 0 atom stereocenters. The lowest BCUT2D eigenvalue weighted by atomic mass is 10.1. The molecule has 3 aromatic rings. The summed E-state index contributed by atoms with van der Waals surface area (Å²) in [5, 5.41) is 12.9. The van der Waals surface area contributed by atoms with Crippen LogP contribution in [0, 0.1) is 6.92 Å². The van der Waals surface area contributed by atoms with Crippen LogP contribution >= 0.6 is 0 Å². The van der Waals surface area contributed by atoms with E-state index in [9.17, 15) is 4.79 Å². The Morgan fingerprint density at radius 1 is 1.21 bits per heavy atom. The van der Waals surface area contributed by atoms with Crippen LogP contribution in [0.15, 0.2) is 42.7 Å². The molecule has 5 heteroatoms. The van der Waals surface area contributed by atoms with Crippen molar-refractivity contribution in [2.24, 2.45) is 0 Å². The van der Waals surface area contributed by atoms with Crippen LogP contribution in [0.1, 0.15) is 16.1 Å². The highest BCUT2D eigenvalue weighted by atomic mass is 16.4. The van der Waals surface area contributed by atoms with Gasteiger partial charge in [-0.15, -0.1) is 0 Å². The van der Waals surface area contributed by atoms with Crippen LogP contribution in [0.2, 0.25) is 0 Å². The van der Waals surface area contributed by atoms with Gasteiger partial charge in [0.2, 0.25) is 0 Å². The highest BCUT2D eigenvalue weighted by molar-refractivity contribution is 5.86. The van der Waals surface area contributed by atoms with Crippen molar-refractivity contribution in [2.45, 2.75) is 6.92 Å². The molecule has 2 aromatic heterocycles. The number of hydrogen-bond acceptors (Lipinski definition) is 3. The van der Waals surface area contributed by atoms with Crippen molar-refractivity contribution in [1.29, 1.82) is 0 Å². The molecule has 0 unspecified atom stereocenters. The van der Waals surface area contributed by atoms with E-state index in [0.29, 0.717) is 5.65 Å². The number of nitrogens with zero attached hydrogens (tertiary/aromatic N) is 3. The molecule has 0 saturated carbocycles. The van der Waals surface area contributed by atoms with Crippen molar-refractivity contribution in [1.82, 2.24) is 14.6 Å². The van der Waals surface area contributed by atoms with E-state index >= 15 is 0 Å². The van der Waals surface area contributed by atoms with Gasteiger partial charge < -0.3 is 5.11 Å². The molecule has 0 saturated heterocycles. The van der Waals surface area contributed by atoms with Gasteiger partial charge in [0, 0.05) is 24.0 Å². The van der Waals surface area contributed by atoms with Crippen LogP contribution in [0.4, 0.5) is 0 Å². The highest BCUT2D eigenvalue weighted by Gasteiger charge is 2.10. The van der Waals surface area contributed by atoms with Crippen LogP contribution < -0.4 is 0 Å². The molecule has 94 valence electrons. The number of carboxylic acid groups (broad SMARTS) is 1. The van der Waals surface area contributed by atoms with E-state index in [-0.39, 0.29) is 5.69 Å². The molecular formula is C14H11N3O2. The van der Waals surface area contributed by atoms with Crippen molar-refractivity contribution in [3.63, 3.8) is 0 Å². The maximum Gasteiger partial charge on any atom is 0.356 e. The third-order valence-corrected chi connectivity index (χ3v) is 2.92. The first-order valence-electron chi connectivity index (χ1n) is 5.79. The minimum Gasteiger partial charge on any atom is -0.476 e. The summed E-state index contributed by atoms with van der Waals surface area (Å²) >= 11 is 0. The van der Waals surface area contributed by atoms with Crippen molar-refractivity contribution in [2.75, 3.05) is 0 Å². The Balaban J connectivity index is 2.10. The lowest BCUT2D eigenvalue weighted by Gasteiger charge is -2.02. The summed E-state index contributed by atoms with van der Waals surface area (Å²) in [6, 6.07) is 9.48. The fourth-order valence-corrected chi connectivity index (χ4v) is 1.88. The summed E-state index contributed by atoms with van der Waals surface area (Å²) in [7, 11) is 0. The van der Waals surface area contributed by atoms with E-state index in [1.807, 2.05) is 31.2 Å². The van der Waals surface area contributed by atoms with Crippen LogP contribution in [0.25, 0.3) is 16.8 Å². The fourth-order valence-electron chi connectivity index (χ4n) is 1.88. The van der Waals surface area contributed by atoms with E-state index in [2.05, 4.69) is 10.1 Å². The topological polar surface area (TPSA) is 67.5 Å². The molecule has 0 amide bonds. The summed E-state index contributed by atoms with van der Waals surface area (Å²) in [6.07, 6.45) is 3.49. The van der Waals surface area contributed by atoms with Crippen molar-refractivity contribution >= 4 is 11.6 Å². The van der Waals surface area contributed by atoms with Gasteiger partial charge in [0.05, 0.1) is 0 Å². The van der Waals surface area contributed by atoms with Gasteiger partial charge in [-0.2, -0.15) is 5.10 Å². The monoisotopic (exact) mass is 253 g/mol. The SMILES string of the molecule is Cc1ccc(-c2cnc3cc(C(=O)O)nn3c2)cc1. The first kappa shape index (κ1) is 11.4. The number of carboxylic acids is 1. The zero-order chi connectivity index (χ0) is 13.4. The molecule has 3 rings (SSSR count). The Hall–Kier alpha value is -2.69. The number of fused-ring (bicyclic) bond motifs is 1. The van der Waals surface area contributed by atoms with Crippen molar-refractivity contribution < 1.29 is 9.90 Å². The summed E-state index contributed by atoms with van der Waals surface area (Å²) in [5.41, 5.74) is 3.62. The molecular weight excluding hydrogens is 242 g/mol. The average molecular weight is 253 g/mol. The largest absolute Gasteiger partial charge is 0.476 e. The molecule has 0 spiro atoms. The van der Waals surface area contributed by atoms with Crippen molar-refractivity contribution in [3.8, 4) is 11.1 Å². The number of hydrogen-bond donors (Lipinski definition) is 1. The first-order valence-corrected chi connectivity index (χ1v) is 5.79. The molecule has 0 bridgehead atoms. The zero-order valence-corrected chi connectivity index (χ0v) is 10.2. The van der Waals surface area contributed by atoms with Crippen LogP contribution in [0.5, 0.6) is 0 Å². The Labute approximate surface area is 109 Å². The van der Waals surface area contributed by atoms with Gasteiger partial charge in [-0.25, -0.2) is 14.3 Å². The second-order valence-corrected chi connectivity index (χ2v) is 4.35. The highest BCUT2D eigenvalue weighted by Crippen LogP contribution is 2.19. The van der Waals surface area contributed by atoms with Gasteiger partial charge >= 0.3 is 5.97 Å². The van der Waals surface area contributed by atoms with Gasteiger partial charge in [-0.05, 0) is 12.5 Å². The molecule has 2 heterocycles. The van der Waals surface area contributed by atoms with Gasteiger partial charge in [0.25, 0.3) is 0 Å². The number of aromatic carboxylic acids is 1. The molecule has 5 nitrogen and oxygen atoms in total. The lowest BCUT2D eigenvalue weighted by Crippen LogP contribution is -1.97. The summed E-state index contributed by atoms with van der Waals surface area (Å²) in [4.78, 5) is 15.1. The Kier molecular flexibility index (Phi) is 2.52. The van der Waals surface area contributed by atoms with Gasteiger partial charge in [0.1, 0.15) is 0 Å². The van der Waals surface area contributed by atoms with Crippen LogP contribution in [0.3, 0.4) is 0 Å². The normalized spacial score (nSPS) is 10.8. The average Bonchev–Trinajstić information content (AvgIpc) is 2.82. The Morgan fingerprint density at radius 3 is 2.63 bits per heavy atom. The third kappa shape index (κ3) is 2.06. The number of benzene rings is 1. The Bertz CT molecular complexity index is 760. The molecule has 19 heavy (non-hydrogen) atoms.